The third kappa shape index (κ3) is 6.23. The van der Waals surface area contributed by atoms with Crippen molar-refractivity contribution >= 4 is 38.9 Å². The van der Waals surface area contributed by atoms with Gasteiger partial charge < -0.3 is 10.1 Å². The number of anilines is 2. The molecular weight excluding hydrogens is 424 g/mol. The molecule has 156 valence electrons. The van der Waals surface area contributed by atoms with Gasteiger partial charge in [0.05, 0.1) is 11.9 Å². The maximum Gasteiger partial charge on any atom is 0.245 e. The zero-order valence-corrected chi connectivity index (χ0v) is 17.9. The number of benzene rings is 3. The van der Waals surface area contributed by atoms with Crippen LogP contribution in [0.15, 0.2) is 78.9 Å². The normalized spacial score (nSPS) is 11.0. The second kappa shape index (κ2) is 9.65. The van der Waals surface area contributed by atoms with Crippen LogP contribution >= 0.6 is 11.6 Å². The van der Waals surface area contributed by atoms with Crippen LogP contribution in [-0.4, -0.2) is 27.1 Å². The fourth-order valence-corrected chi connectivity index (χ4v) is 3.77. The van der Waals surface area contributed by atoms with Crippen molar-refractivity contribution in [2.45, 2.75) is 6.61 Å². The minimum absolute atomic E-state index is 0.324. The first-order valence-electron chi connectivity index (χ1n) is 9.11. The third-order valence-corrected chi connectivity index (χ3v) is 5.55. The van der Waals surface area contributed by atoms with Gasteiger partial charge in [-0.05, 0) is 48.0 Å². The van der Waals surface area contributed by atoms with Crippen LogP contribution in [0.1, 0.15) is 5.56 Å². The Morgan fingerprint density at radius 3 is 2.33 bits per heavy atom. The van der Waals surface area contributed by atoms with Gasteiger partial charge in [0.2, 0.25) is 15.9 Å². The van der Waals surface area contributed by atoms with E-state index in [0.29, 0.717) is 28.8 Å². The summed E-state index contributed by atoms with van der Waals surface area (Å²) < 4.78 is 31.0. The quantitative estimate of drug-likeness (QED) is 0.561. The highest BCUT2D eigenvalue weighted by atomic mass is 35.5. The van der Waals surface area contributed by atoms with E-state index < -0.39 is 15.9 Å². The van der Waals surface area contributed by atoms with Gasteiger partial charge >= 0.3 is 0 Å². The van der Waals surface area contributed by atoms with Crippen LogP contribution in [0.5, 0.6) is 5.75 Å². The summed E-state index contributed by atoms with van der Waals surface area (Å²) in [7, 11) is -3.67. The van der Waals surface area contributed by atoms with Gasteiger partial charge in [0, 0.05) is 10.7 Å². The smallest absolute Gasteiger partial charge is 0.245 e. The fraction of sp³-hybridized carbons (Fsp3) is 0.136. The number of nitrogens with one attached hydrogen (secondary N) is 1. The van der Waals surface area contributed by atoms with Crippen LogP contribution in [0, 0.1) is 0 Å². The molecule has 0 spiro atoms. The Balaban J connectivity index is 1.61. The molecule has 0 radical (unpaired) electrons. The van der Waals surface area contributed by atoms with Gasteiger partial charge in [-0.15, -0.1) is 0 Å². The summed E-state index contributed by atoms with van der Waals surface area (Å²) in [5, 5.41) is 3.08. The molecule has 3 aromatic rings. The van der Waals surface area contributed by atoms with E-state index in [1.54, 1.807) is 42.5 Å². The largest absolute Gasteiger partial charge is 0.489 e. The maximum atomic E-state index is 12.4. The van der Waals surface area contributed by atoms with Crippen LogP contribution in [0.25, 0.3) is 0 Å². The SMILES string of the molecule is CS(=O)(=O)N(CC(=O)Nc1ccc(OCc2ccccc2)cc1)c1cccc(Cl)c1. The Hall–Kier alpha value is -3.03. The molecule has 0 bridgehead atoms. The minimum atomic E-state index is -3.67. The molecule has 0 aliphatic heterocycles. The van der Waals surface area contributed by atoms with E-state index in [-0.39, 0.29) is 6.54 Å². The lowest BCUT2D eigenvalue weighted by atomic mass is 10.2. The molecule has 6 nitrogen and oxygen atoms in total. The van der Waals surface area contributed by atoms with Crippen LogP contribution in [0.4, 0.5) is 11.4 Å². The zero-order chi connectivity index (χ0) is 21.6. The van der Waals surface area contributed by atoms with Crippen molar-refractivity contribution in [3.63, 3.8) is 0 Å². The highest BCUT2D eigenvalue weighted by Crippen LogP contribution is 2.22. The number of carbonyl (C=O) groups is 1. The highest BCUT2D eigenvalue weighted by molar-refractivity contribution is 7.92. The lowest BCUT2D eigenvalue weighted by Crippen LogP contribution is -2.37. The minimum Gasteiger partial charge on any atom is -0.489 e. The lowest BCUT2D eigenvalue weighted by molar-refractivity contribution is -0.114. The van der Waals surface area contributed by atoms with Crippen LogP contribution in [-0.2, 0) is 21.4 Å². The van der Waals surface area contributed by atoms with E-state index in [2.05, 4.69) is 5.32 Å². The lowest BCUT2D eigenvalue weighted by Gasteiger charge is -2.22. The van der Waals surface area contributed by atoms with Gasteiger partial charge in [-0.25, -0.2) is 8.42 Å². The number of rotatable bonds is 8. The maximum absolute atomic E-state index is 12.4. The van der Waals surface area contributed by atoms with Crippen molar-refractivity contribution in [3.8, 4) is 5.75 Å². The standard InChI is InChI=1S/C22H21ClN2O4S/c1-30(27,28)25(20-9-5-8-18(23)14-20)15-22(26)24-19-10-12-21(13-11-19)29-16-17-6-3-2-4-7-17/h2-14H,15-16H2,1H3,(H,24,26). The number of hydrogen-bond acceptors (Lipinski definition) is 4. The zero-order valence-electron chi connectivity index (χ0n) is 16.3. The Morgan fingerprint density at radius 2 is 1.70 bits per heavy atom. The molecule has 0 aliphatic rings. The molecule has 0 saturated heterocycles. The van der Waals surface area contributed by atoms with Gasteiger partial charge in [0.1, 0.15) is 18.9 Å². The third-order valence-electron chi connectivity index (χ3n) is 4.17. The molecule has 3 aromatic carbocycles. The van der Waals surface area contributed by atoms with E-state index in [1.165, 1.54) is 6.07 Å². The summed E-state index contributed by atoms with van der Waals surface area (Å²) in [5.74, 6) is 0.187. The summed E-state index contributed by atoms with van der Waals surface area (Å²) in [4.78, 5) is 12.4. The number of carbonyl (C=O) groups excluding carboxylic acids is 1. The predicted octanol–water partition coefficient (Wildman–Crippen LogP) is 4.32. The Labute approximate surface area is 181 Å². The van der Waals surface area contributed by atoms with Crippen molar-refractivity contribution in [1.29, 1.82) is 0 Å². The number of ether oxygens (including phenoxy) is 1. The average molecular weight is 445 g/mol. The van der Waals surface area contributed by atoms with Crippen LogP contribution in [0.2, 0.25) is 5.02 Å². The molecule has 0 atom stereocenters. The first-order chi connectivity index (χ1) is 14.3. The van der Waals surface area contributed by atoms with E-state index >= 15 is 0 Å². The second-order valence-corrected chi connectivity index (χ2v) is 8.94. The summed E-state index contributed by atoms with van der Waals surface area (Å²) in [6, 6.07) is 23.0. The van der Waals surface area contributed by atoms with Crippen LogP contribution < -0.4 is 14.4 Å². The molecule has 1 N–H and O–H groups in total. The predicted molar refractivity (Wildman–Crippen MR) is 119 cm³/mol. The summed E-state index contributed by atoms with van der Waals surface area (Å²) in [6.07, 6.45) is 1.04. The first-order valence-corrected chi connectivity index (χ1v) is 11.3. The van der Waals surface area contributed by atoms with E-state index in [9.17, 15) is 13.2 Å². The second-order valence-electron chi connectivity index (χ2n) is 6.60. The number of halogens is 1. The Morgan fingerprint density at radius 1 is 1.00 bits per heavy atom. The monoisotopic (exact) mass is 444 g/mol. The molecule has 8 heteroatoms. The Kier molecular flexibility index (Phi) is 6.97. The number of sulfonamides is 1. The van der Waals surface area contributed by atoms with Crippen molar-refractivity contribution in [2.75, 3.05) is 22.4 Å². The van der Waals surface area contributed by atoms with Gasteiger partial charge in [-0.1, -0.05) is 48.0 Å². The van der Waals surface area contributed by atoms with E-state index in [4.69, 9.17) is 16.3 Å². The number of amides is 1. The number of hydrogen-bond donors (Lipinski definition) is 1. The number of nitrogens with zero attached hydrogens (tertiary/aromatic N) is 1. The van der Waals surface area contributed by atoms with Gasteiger partial charge in [-0.2, -0.15) is 0 Å². The van der Waals surface area contributed by atoms with Crippen molar-refractivity contribution < 1.29 is 17.9 Å². The molecule has 0 fully saturated rings. The molecule has 0 saturated carbocycles. The van der Waals surface area contributed by atoms with Crippen LogP contribution in [0.3, 0.4) is 0 Å². The molecule has 30 heavy (non-hydrogen) atoms. The summed E-state index contributed by atoms with van der Waals surface area (Å²) in [6.45, 7) is 0.0704. The van der Waals surface area contributed by atoms with E-state index in [0.717, 1.165) is 16.1 Å². The molecule has 0 aromatic heterocycles. The van der Waals surface area contributed by atoms with E-state index in [1.807, 2.05) is 30.3 Å². The molecule has 0 aliphatic carbocycles. The van der Waals surface area contributed by atoms with Gasteiger partial charge in [0.25, 0.3) is 0 Å². The summed E-state index contributed by atoms with van der Waals surface area (Å²) >= 11 is 5.95. The topological polar surface area (TPSA) is 75.7 Å². The fourth-order valence-electron chi connectivity index (χ4n) is 2.74. The molecule has 1 amide bonds. The first kappa shape index (κ1) is 21.7. The Bertz CT molecular complexity index is 1100. The van der Waals surface area contributed by atoms with Gasteiger partial charge in [-0.3, -0.25) is 9.10 Å². The van der Waals surface area contributed by atoms with Gasteiger partial charge in [0.15, 0.2) is 0 Å². The molecule has 0 unspecified atom stereocenters. The van der Waals surface area contributed by atoms with Crippen molar-refractivity contribution in [3.05, 3.63) is 89.4 Å². The molecular formula is C22H21ClN2O4S. The van der Waals surface area contributed by atoms with Crippen molar-refractivity contribution in [1.82, 2.24) is 0 Å². The molecule has 0 heterocycles. The molecule has 3 rings (SSSR count). The average Bonchev–Trinajstić information content (AvgIpc) is 2.71. The van der Waals surface area contributed by atoms with Crippen molar-refractivity contribution in [2.24, 2.45) is 0 Å². The highest BCUT2D eigenvalue weighted by Gasteiger charge is 2.21. The summed E-state index contributed by atoms with van der Waals surface area (Å²) in [5.41, 5.74) is 1.91.